The van der Waals surface area contributed by atoms with Crippen molar-refractivity contribution < 1.29 is 14.3 Å². The lowest BCUT2D eigenvalue weighted by atomic mass is 9.80. The third-order valence-corrected chi connectivity index (χ3v) is 6.28. The van der Waals surface area contributed by atoms with Crippen LogP contribution < -0.4 is 4.74 Å². The molecule has 0 aliphatic carbocycles. The Kier molecular flexibility index (Phi) is 4.31. The number of rotatable bonds is 3. The zero-order valence-corrected chi connectivity index (χ0v) is 16.6. The number of nitrogens with zero attached hydrogens (tertiary/aromatic N) is 1. The Labute approximate surface area is 169 Å². The van der Waals surface area contributed by atoms with E-state index in [4.69, 9.17) is 9.47 Å². The highest BCUT2D eigenvalue weighted by atomic mass is 16.5. The standard InChI is InChI=1S/C24H24N2O3/c1-28-16-9-7-15(8-10-16)19-13-22-23-18(17-5-3-4-6-21(17)25-23)11-12-26(22)14-20(19)24(27)29-2/h3-10,14,19,22,25H,11-13H2,1-2H3/t19-,22-/m1/s1. The summed E-state index contributed by atoms with van der Waals surface area (Å²) in [7, 11) is 3.11. The molecule has 2 atom stereocenters. The highest BCUT2D eigenvalue weighted by Gasteiger charge is 2.38. The van der Waals surface area contributed by atoms with Gasteiger partial charge in [0.1, 0.15) is 5.75 Å². The summed E-state index contributed by atoms with van der Waals surface area (Å²) in [6, 6.07) is 16.7. The highest BCUT2D eigenvalue weighted by molar-refractivity contribution is 5.90. The van der Waals surface area contributed by atoms with E-state index in [-0.39, 0.29) is 17.9 Å². The number of fused-ring (bicyclic) bond motifs is 5. The molecule has 5 rings (SSSR count). The predicted molar refractivity (Wildman–Crippen MR) is 112 cm³/mol. The van der Waals surface area contributed by atoms with Crippen LogP contribution in [-0.2, 0) is 16.0 Å². The molecule has 2 aliphatic rings. The lowest BCUT2D eigenvalue weighted by molar-refractivity contribution is -0.136. The molecule has 0 spiro atoms. The summed E-state index contributed by atoms with van der Waals surface area (Å²) >= 11 is 0. The quantitative estimate of drug-likeness (QED) is 0.679. The molecule has 148 valence electrons. The summed E-state index contributed by atoms with van der Waals surface area (Å²) in [5.41, 5.74) is 5.68. The second kappa shape index (κ2) is 6.99. The molecule has 1 N–H and O–H groups in total. The number of H-pyrrole nitrogens is 1. The van der Waals surface area contributed by atoms with Crippen LogP contribution in [0.25, 0.3) is 10.9 Å². The van der Waals surface area contributed by atoms with E-state index in [2.05, 4.69) is 34.1 Å². The molecule has 0 saturated carbocycles. The molecule has 2 aliphatic heterocycles. The summed E-state index contributed by atoms with van der Waals surface area (Å²) in [4.78, 5) is 18.5. The molecular formula is C24H24N2O3. The van der Waals surface area contributed by atoms with Gasteiger partial charge in [0.2, 0.25) is 0 Å². The van der Waals surface area contributed by atoms with Crippen molar-refractivity contribution in [3.05, 3.63) is 77.1 Å². The van der Waals surface area contributed by atoms with Gasteiger partial charge in [-0.2, -0.15) is 0 Å². The second-order valence-corrected chi connectivity index (χ2v) is 7.70. The van der Waals surface area contributed by atoms with Crippen LogP contribution in [0.5, 0.6) is 5.75 Å². The minimum Gasteiger partial charge on any atom is -0.497 e. The summed E-state index contributed by atoms with van der Waals surface area (Å²) in [6.45, 7) is 0.898. The predicted octanol–water partition coefficient (Wildman–Crippen LogP) is 4.32. The van der Waals surface area contributed by atoms with E-state index in [1.165, 1.54) is 29.3 Å². The zero-order valence-electron chi connectivity index (χ0n) is 16.6. The van der Waals surface area contributed by atoms with Crippen molar-refractivity contribution in [3.63, 3.8) is 0 Å². The molecule has 5 nitrogen and oxygen atoms in total. The maximum atomic E-state index is 12.6. The fourth-order valence-electron chi connectivity index (χ4n) is 4.83. The molecule has 0 amide bonds. The molecular weight excluding hydrogens is 364 g/mol. The monoisotopic (exact) mass is 388 g/mol. The number of carbonyl (C=O) groups is 1. The van der Waals surface area contributed by atoms with Gasteiger partial charge in [-0.3, -0.25) is 0 Å². The van der Waals surface area contributed by atoms with Crippen molar-refractivity contribution in [3.8, 4) is 5.75 Å². The molecule has 0 bridgehead atoms. The third kappa shape index (κ3) is 2.89. The lowest BCUT2D eigenvalue weighted by Crippen LogP contribution is -2.37. The van der Waals surface area contributed by atoms with E-state index in [0.29, 0.717) is 5.57 Å². The van der Waals surface area contributed by atoms with Crippen LogP contribution in [0.15, 0.2) is 60.3 Å². The largest absolute Gasteiger partial charge is 0.497 e. The Balaban J connectivity index is 1.59. The first kappa shape index (κ1) is 17.9. The van der Waals surface area contributed by atoms with Gasteiger partial charge in [-0.1, -0.05) is 30.3 Å². The number of esters is 1. The van der Waals surface area contributed by atoms with E-state index in [0.717, 1.165) is 30.7 Å². The first-order valence-electron chi connectivity index (χ1n) is 9.98. The van der Waals surface area contributed by atoms with Crippen LogP contribution in [0.4, 0.5) is 0 Å². The average Bonchev–Trinajstić information content (AvgIpc) is 3.17. The summed E-state index contributed by atoms with van der Waals surface area (Å²) < 4.78 is 10.4. The number of hydrogen-bond donors (Lipinski definition) is 1. The topological polar surface area (TPSA) is 54.6 Å². The minimum absolute atomic E-state index is 0.0213. The normalized spacial score (nSPS) is 20.6. The minimum atomic E-state index is -0.258. The van der Waals surface area contributed by atoms with E-state index in [1.54, 1.807) is 7.11 Å². The summed E-state index contributed by atoms with van der Waals surface area (Å²) in [6.07, 6.45) is 3.81. The zero-order chi connectivity index (χ0) is 20.0. The van der Waals surface area contributed by atoms with Crippen molar-refractivity contribution in [1.29, 1.82) is 0 Å². The van der Waals surface area contributed by atoms with Gasteiger partial charge in [-0.05, 0) is 42.2 Å². The van der Waals surface area contributed by atoms with Crippen LogP contribution in [0, 0.1) is 0 Å². The number of carbonyl (C=O) groups excluding carboxylic acids is 1. The van der Waals surface area contributed by atoms with Crippen molar-refractivity contribution in [1.82, 2.24) is 9.88 Å². The van der Waals surface area contributed by atoms with Gasteiger partial charge in [-0.15, -0.1) is 0 Å². The Morgan fingerprint density at radius 3 is 2.66 bits per heavy atom. The van der Waals surface area contributed by atoms with Crippen molar-refractivity contribution in [2.24, 2.45) is 0 Å². The molecule has 0 unspecified atom stereocenters. The molecule has 29 heavy (non-hydrogen) atoms. The first-order chi connectivity index (χ1) is 14.2. The Morgan fingerprint density at radius 1 is 1.10 bits per heavy atom. The molecule has 5 heteroatoms. The van der Waals surface area contributed by atoms with Gasteiger partial charge < -0.3 is 19.4 Å². The summed E-state index contributed by atoms with van der Waals surface area (Å²) in [5.74, 6) is 0.532. The van der Waals surface area contributed by atoms with Crippen LogP contribution in [0.3, 0.4) is 0 Å². The Bertz CT molecular complexity index is 1100. The maximum Gasteiger partial charge on any atom is 0.335 e. The number of para-hydroxylation sites is 1. The summed E-state index contributed by atoms with van der Waals surface area (Å²) in [5, 5.41) is 1.31. The van der Waals surface area contributed by atoms with Crippen LogP contribution in [0.1, 0.15) is 35.2 Å². The molecule has 0 saturated heterocycles. The number of methoxy groups -OCH3 is 2. The van der Waals surface area contributed by atoms with Gasteiger partial charge in [0.25, 0.3) is 0 Å². The van der Waals surface area contributed by atoms with Gasteiger partial charge in [0, 0.05) is 35.3 Å². The average molecular weight is 388 g/mol. The lowest BCUT2D eigenvalue weighted by Gasteiger charge is -2.41. The first-order valence-corrected chi connectivity index (χ1v) is 9.98. The van der Waals surface area contributed by atoms with E-state index < -0.39 is 0 Å². The van der Waals surface area contributed by atoms with Crippen LogP contribution >= 0.6 is 0 Å². The second-order valence-electron chi connectivity index (χ2n) is 7.70. The van der Waals surface area contributed by atoms with E-state index in [1.807, 2.05) is 30.5 Å². The van der Waals surface area contributed by atoms with Crippen molar-refractivity contribution in [2.75, 3.05) is 20.8 Å². The van der Waals surface area contributed by atoms with Gasteiger partial charge >= 0.3 is 5.97 Å². The van der Waals surface area contributed by atoms with Gasteiger partial charge in [-0.25, -0.2) is 4.79 Å². The number of ether oxygens (including phenoxy) is 2. The Morgan fingerprint density at radius 2 is 1.90 bits per heavy atom. The molecule has 0 radical (unpaired) electrons. The van der Waals surface area contributed by atoms with Crippen LogP contribution in [0.2, 0.25) is 0 Å². The maximum absolute atomic E-state index is 12.6. The van der Waals surface area contributed by atoms with Gasteiger partial charge in [0.05, 0.1) is 25.8 Å². The van der Waals surface area contributed by atoms with Gasteiger partial charge in [0.15, 0.2) is 0 Å². The van der Waals surface area contributed by atoms with Crippen molar-refractivity contribution in [2.45, 2.75) is 24.8 Å². The fourth-order valence-corrected chi connectivity index (χ4v) is 4.83. The van der Waals surface area contributed by atoms with Crippen molar-refractivity contribution >= 4 is 16.9 Å². The third-order valence-electron chi connectivity index (χ3n) is 6.28. The number of aromatic nitrogens is 1. The molecule has 2 aromatic carbocycles. The fraction of sp³-hybridized carbons (Fsp3) is 0.292. The number of nitrogens with one attached hydrogen (secondary N) is 1. The van der Waals surface area contributed by atoms with E-state index >= 15 is 0 Å². The number of hydrogen-bond acceptors (Lipinski definition) is 4. The highest BCUT2D eigenvalue weighted by Crippen LogP contribution is 2.46. The number of aromatic amines is 1. The number of benzene rings is 2. The van der Waals surface area contributed by atoms with E-state index in [9.17, 15) is 4.79 Å². The molecule has 1 aromatic heterocycles. The molecule has 0 fully saturated rings. The SMILES string of the molecule is COC(=O)C1=CN2CCc3c([nH]c4ccccc34)[C@H]2C[C@@H]1c1ccc(OC)cc1. The smallest absolute Gasteiger partial charge is 0.335 e. The molecule has 3 heterocycles. The molecule has 3 aromatic rings. The Hall–Kier alpha value is -3.21. The van der Waals surface area contributed by atoms with Crippen LogP contribution in [-0.4, -0.2) is 36.6 Å².